The molecule has 1 unspecified atom stereocenters. The van der Waals surface area contributed by atoms with E-state index in [9.17, 15) is 4.39 Å². The first-order chi connectivity index (χ1) is 9.79. The highest BCUT2D eigenvalue weighted by Gasteiger charge is 2.30. The molecule has 2 fully saturated rings. The third-order valence-corrected chi connectivity index (χ3v) is 4.10. The molecule has 0 radical (unpaired) electrons. The Morgan fingerprint density at radius 3 is 2.85 bits per heavy atom. The second-order valence-electron chi connectivity index (χ2n) is 5.62. The van der Waals surface area contributed by atoms with E-state index >= 15 is 0 Å². The minimum atomic E-state index is -0.296. The van der Waals surface area contributed by atoms with Crippen LogP contribution in [-0.4, -0.2) is 33.1 Å². The maximum Gasteiger partial charge on any atom is 0.141 e. The Labute approximate surface area is 116 Å². The van der Waals surface area contributed by atoms with Crippen molar-refractivity contribution < 1.29 is 4.39 Å². The quantitative estimate of drug-likeness (QED) is 0.859. The Balaban J connectivity index is 1.47. The number of halogens is 1. The standard InChI is InChI=1S/C14H16FN5/c15-11-3-4-14(16-7-11)19-6-5-12(8-19)20-9-13(17-18-20)10-1-2-10/h3-4,7,9-10,12H,1-2,5-6,8H2. The summed E-state index contributed by atoms with van der Waals surface area (Å²) in [4.78, 5) is 6.31. The molecule has 1 atom stereocenters. The van der Waals surface area contributed by atoms with Crippen molar-refractivity contribution in [3.05, 3.63) is 36.0 Å². The number of anilines is 1. The van der Waals surface area contributed by atoms with Gasteiger partial charge in [-0.2, -0.15) is 0 Å². The second kappa shape index (κ2) is 4.54. The van der Waals surface area contributed by atoms with Crippen LogP contribution in [0.5, 0.6) is 0 Å². The van der Waals surface area contributed by atoms with Crippen LogP contribution in [0.3, 0.4) is 0 Å². The molecular formula is C14H16FN5. The molecule has 6 heteroatoms. The molecule has 2 aliphatic rings. The number of hydrogen-bond donors (Lipinski definition) is 0. The van der Waals surface area contributed by atoms with E-state index < -0.39 is 0 Å². The van der Waals surface area contributed by atoms with Crippen molar-refractivity contribution in [3.8, 4) is 0 Å². The molecule has 0 N–H and O–H groups in total. The monoisotopic (exact) mass is 273 g/mol. The van der Waals surface area contributed by atoms with E-state index in [1.54, 1.807) is 6.07 Å². The Hall–Kier alpha value is -1.98. The fourth-order valence-corrected chi connectivity index (χ4v) is 2.76. The van der Waals surface area contributed by atoms with Crippen molar-refractivity contribution in [3.63, 3.8) is 0 Å². The first-order valence-electron chi connectivity index (χ1n) is 7.08. The molecular weight excluding hydrogens is 257 g/mol. The summed E-state index contributed by atoms with van der Waals surface area (Å²) in [6.45, 7) is 1.77. The molecule has 20 heavy (non-hydrogen) atoms. The highest BCUT2D eigenvalue weighted by atomic mass is 19.1. The van der Waals surface area contributed by atoms with Crippen LogP contribution in [0, 0.1) is 5.82 Å². The van der Waals surface area contributed by atoms with E-state index in [2.05, 4.69) is 26.4 Å². The summed E-state index contributed by atoms with van der Waals surface area (Å²) < 4.78 is 14.9. The molecule has 1 aliphatic heterocycles. The van der Waals surface area contributed by atoms with Crippen LogP contribution in [0.15, 0.2) is 24.5 Å². The van der Waals surface area contributed by atoms with Crippen LogP contribution in [0.25, 0.3) is 0 Å². The smallest absolute Gasteiger partial charge is 0.141 e. The van der Waals surface area contributed by atoms with Gasteiger partial charge in [0.25, 0.3) is 0 Å². The van der Waals surface area contributed by atoms with Gasteiger partial charge in [-0.3, -0.25) is 0 Å². The van der Waals surface area contributed by atoms with Crippen LogP contribution in [0.1, 0.15) is 36.9 Å². The zero-order valence-electron chi connectivity index (χ0n) is 11.1. The molecule has 1 aliphatic carbocycles. The highest BCUT2D eigenvalue weighted by Crippen LogP contribution is 2.39. The Morgan fingerprint density at radius 1 is 1.20 bits per heavy atom. The van der Waals surface area contributed by atoms with E-state index in [1.165, 1.54) is 25.1 Å². The van der Waals surface area contributed by atoms with Crippen LogP contribution >= 0.6 is 0 Å². The van der Waals surface area contributed by atoms with E-state index in [-0.39, 0.29) is 5.82 Å². The van der Waals surface area contributed by atoms with Crippen LogP contribution in [-0.2, 0) is 0 Å². The predicted molar refractivity (Wildman–Crippen MR) is 72.1 cm³/mol. The zero-order valence-corrected chi connectivity index (χ0v) is 11.1. The molecule has 1 saturated heterocycles. The zero-order chi connectivity index (χ0) is 13.5. The molecule has 2 aromatic heterocycles. The maximum atomic E-state index is 12.9. The van der Waals surface area contributed by atoms with Gasteiger partial charge in [0, 0.05) is 25.2 Å². The fraction of sp³-hybridized carbons (Fsp3) is 0.500. The topological polar surface area (TPSA) is 46.8 Å². The summed E-state index contributed by atoms with van der Waals surface area (Å²) in [5.41, 5.74) is 1.13. The number of nitrogens with zero attached hydrogens (tertiary/aromatic N) is 5. The van der Waals surface area contributed by atoms with Gasteiger partial charge >= 0.3 is 0 Å². The van der Waals surface area contributed by atoms with Gasteiger partial charge in [0.05, 0.1) is 17.9 Å². The third kappa shape index (κ3) is 2.15. The minimum Gasteiger partial charge on any atom is -0.354 e. The van der Waals surface area contributed by atoms with Gasteiger partial charge < -0.3 is 4.90 Å². The number of pyridine rings is 1. The van der Waals surface area contributed by atoms with Gasteiger partial charge in [-0.15, -0.1) is 5.10 Å². The molecule has 3 heterocycles. The molecule has 0 amide bonds. The van der Waals surface area contributed by atoms with Gasteiger partial charge in [0.1, 0.15) is 11.6 Å². The summed E-state index contributed by atoms with van der Waals surface area (Å²) >= 11 is 0. The Morgan fingerprint density at radius 2 is 2.10 bits per heavy atom. The van der Waals surface area contributed by atoms with Gasteiger partial charge in [0.2, 0.25) is 0 Å². The van der Waals surface area contributed by atoms with E-state index in [4.69, 9.17) is 0 Å². The normalized spacial score (nSPS) is 22.4. The second-order valence-corrected chi connectivity index (χ2v) is 5.62. The predicted octanol–water partition coefficient (Wildman–Crippen LogP) is 2.14. The van der Waals surface area contributed by atoms with Gasteiger partial charge in [-0.05, 0) is 31.4 Å². The van der Waals surface area contributed by atoms with Gasteiger partial charge in [-0.1, -0.05) is 5.21 Å². The third-order valence-electron chi connectivity index (χ3n) is 4.10. The van der Waals surface area contributed by atoms with Crippen molar-refractivity contribution in [2.75, 3.05) is 18.0 Å². The molecule has 0 bridgehead atoms. The minimum absolute atomic E-state index is 0.296. The molecule has 0 aromatic carbocycles. The SMILES string of the molecule is Fc1ccc(N2CCC(n3cc(C4CC4)nn3)C2)nc1. The van der Waals surface area contributed by atoms with Crippen molar-refractivity contribution in [1.82, 2.24) is 20.0 Å². The van der Waals surface area contributed by atoms with Crippen LogP contribution < -0.4 is 4.90 Å². The van der Waals surface area contributed by atoms with E-state index in [0.29, 0.717) is 12.0 Å². The van der Waals surface area contributed by atoms with Crippen LogP contribution in [0.4, 0.5) is 10.2 Å². The summed E-state index contributed by atoms with van der Waals surface area (Å²) in [5.74, 6) is 1.17. The summed E-state index contributed by atoms with van der Waals surface area (Å²) in [7, 11) is 0. The highest BCUT2D eigenvalue weighted by molar-refractivity contribution is 5.39. The summed E-state index contributed by atoms with van der Waals surface area (Å²) in [5, 5.41) is 8.52. The molecule has 104 valence electrons. The molecule has 5 nitrogen and oxygen atoms in total. The summed E-state index contributed by atoms with van der Waals surface area (Å²) in [6, 6.07) is 3.52. The van der Waals surface area contributed by atoms with E-state index in [0.717, 1.165) is 31.0 Å². The van der Waals surface area contributed by atoms with Crippen molar-refractivity contribution >= 4 is 5.82 Å². The fourth-order valence-electron chi connectivity index (χ4n) is 2.76. The van der Waals surface area contributed by atoms with Crippen molar-refractivity contribution in [1.29, 1.82) is 0 Å². The van der Waals surface area contributed by atoms with Crippen molar-refractivity contribution in [2.45, 2.75) is 31.2 Å². The molecule has 2 aromatic rings. The lowest BCUT2D eigenvalue weighted by Gasteiger charge is -2.17. The van der Waals surface area contributed by atoms with Crippen molar-refractivity contribution in [2.24, 2.45) is 0 Å². The van der Waals surface area contributed by atoms with E-state index in [1.807, 2.05) is 4.68 Å². The number of rotatable bonds is 3. The molecule has 4 rings (SSSR count). The lowest BCUT2D eigenvalue weighted by molar-refractivity contribution is 0.479. The first kappa shape index (κ1) is 11.8. The number of hydrogen-bond acceptors (Lipinski definition) is 4. The Kier molecular flexibility index (Phi) is 2.68. The van der Waals surface area contributed by atoms with Crippen LogP contribution in [0.2, 0.25) is 0 Å². The average molecular weight is 273 g/mol. The molecule has 0 spiro atoms. The number of aromatic nitrogens is 4. The largest absolute Gasteiger partial charge is 0.354 e. The lowest BCUT2D eigenvalue weighted by Crippen LogP contribution is -2.22. The lowest BCUT2D eigenvalue weighted by atomic mass is 10.2. The Bertz CT molecular complexity index is 604. The maximum absolute atomic E-state index is 12.9. The average Bonchev–Trinajstić information content (AvgIpc) is 3.01. The van der Waals surface area contributed by atoms with Gasteiger partial charge in [0.15, 0.2) is 0 Å². The molecule has 1 saturated carbocycles. The van der Waals surface area contributed by atoms with Gasteiger partial charge in [-0.25, -0.2) is 14.1 Å². The summed E-state index contributed by atoms with van der Waals surface area (Å²) in [6.07, 6.45) is 6.86. The first-order valence-corrected chi connectivity index (χ1v) is 7.08.